The number of carboxylic acids is 1. The molecule has 4 amide bonds. The van der Waals surface area contributed by atoms with Crippen LogP contribution >= 0.6 is 0 Å². The lowest BCUT2D eigenvalue weighted by Crippen LogP contribution is -2.50. The van der Waals surface area contributed by atoms with Gasteiger partial charge in [0.1, 0.15) is 36.2 Å². The number of aromatic carboxylic acids is 1. The second kappa shape index (κ2) is 35.0. The second-order valence-corrected chi connectivity index (χ2v) is 29.1. The molecule has 3 aromatic heterocycles. The summed E-state index contributed by atoms with van der Waals surface area (Å²) in [5, 5.41) is 31.3. The normalized spacial score (nSPS) is 13.5. The lowest BCUT2D eigenvalue weighted by Gasteiger charge is -2.35. The van der Waals surface area contributed by atoms with E-state index in [-0.39, 0.29) is 41.5 Å². The molecule has 0 bridgehead atoms. The molecule has 1 fully saturated rings. The van der Waals surface area contributed by atoms with Gasteiger partial charge in [0.25, 0.3) is 23.6 Å². The molecule has 2 N–H and O–H groups in total. The number of amides is 4. The van der Waals surface area contributed by atoms with Gasteiger partial charge in [0.2, 0.25) is 0 Å². The van der Waals surface area contributed by atoms with E-state index in [1.807, 2.05) is 208 Å². The molecule has 0 unspecified atom stereocenters. The number of phenolic OH excluding ortho intramolecular Hbond substituents is 1. The number of nitrogens with zero attached hydrogens (tertiary/aromatic N) is 11. The van der Waals surface area contributed by atoms with E-state index in [1.54, 1.807) is 53.4 Å². The van der Waals surface area contributed by atoms with E-state index in [9.17, 15) is 29.1 Å². The molecule has 0 atom stereocenters. The highest BCUT2D eigenvalue weighted by atomic mass is 16.5. The molecule has 1 saturated heterocycles. The third-order valence-electron chi connectivity index (χ3n) is 20.3. The summed E-state index contributed by atoms with van der Waals surface area (Å²) < 4.78 is 22.9. The molecule has 0 radical (unpaired) electrons. The van der Waals surface area contributed by atoms with Gasteiger partial charge < -0.3 is 44.0 Å². The van der Waals surface area contributed by atoms with Gasteiger partial charge in [-0.05, 0) is 161 Å². The number of piperazine rings is 1. The second-order valence-electron chi connectivity index (χ2n) is 29.1. The van der Waals surface area contributed by atoms with E-state index in [2.05, 4.69) is 59.2 Å². The monoisotopic (exact) mass is 1490 g/mol. The minimum Gasteiger partial charge on any atom is -0.508 e. The number of carbonyl (C=O) groups is 5. The van der Waals surface area contributed by atoms with E-state index in [0.717, 1.165) is 143 Å². The number of anilines is 3. The smallest absolute Gasteiger partial charge is 0.335 e. The summed E-state index contributed by atoms with van der Waals surface area (Å²) in [6, 6.07) is 71.1. The van der Waals surface area contributed by atoms with E-state index in [0.29, 0.717) is 66.5 Å². The Kier molecular flexibility index (Phi) is 24.1. The van der Waals surface area contributed by atoms with Gasteiger partial charge in [-0.15, -0.1) is 0 Å². The molecule has 111 heavy (non-hydrogen) atoms. The molecule has 566 valence electrons. The lowest BCUT2D eigenvalue weighted by molar-refractivity contribution is -0.135. The average Bonchev–Trinajstić information content (AvgIpc) is 1.66. The molecular weight excluding hydrogens is 1400 g/mol. The number of carbonyl (C=O) groups excluding carboxylic acids is 4. The van der Waals surface area contributed by atoms with Crippen LogP contribution in [0.1, 0.15) is 130 Å². The highest BCUT2D eigenvalue weighted by molar-refractivity contribution is 6.08. The fraction of sp³-hybridized carbons (Fsp3) is 0.244. The van der Waals surface area contributed by atoms with Gasteiger partial charge in [0.05, 0.1) is 43.8 Å². The first-order chi connectivity index (χ1) is 53.7. The summed E-state index contributed by atoms with van der Waals surface area (Å²) in [6.07, 6.45) is 8.94. The number of para-hydroxylation sites is 3. The number of phenols is 1. The van der Waals surface area contributed by atoms with Crippen molar-refractivity contribution < 1.29 is 48.4 Å². The number of benzene rings is 9. The minimum atomic E-state index is -0.931. The zero-order valence-electron chi connectivity index (χ0n) is 63.4. The van der Waals surface area contributed by atoms with E-state index < -0.39 is 5.97 Å². The van der Waals surface area contributed by atoms with E-state index in [4.69, 9.17) is 19.3 Å². The third-order valence-corrected chi connectivity index (χ3v) is 20.3. The van der Waals surface area contributed by atoms with Crippen LogP contribution in [0.5, 0.6) is 23.0 Å². The Morgan fingerprint density at radius 1 is 0.396 bits per heavy atom. The minimum absolute atomic E-state index is 0.000858. The fourth-order valence-corrected chi connectivity index (χ4v) is 13.8. The predicted molar refractivity (Wildman–Crippen MR) is 427 cm³/mol. The van der Waals surface area contributed by atoms with Crippen molar-refractivity contribution in [1.29, 1.82) is 0 Å². The molecule has 16 rings (SSSR count). The van der Waals surface area contributed by atoms with Crippen LogP contribution in [-0.2, 0) is 78.0 Å². The third kappa shape index (κ3) is 19.2. The van der Waals surface area contributed by atoms with E-state index >= 15 is 0 Å². The lowest BCUT2D eigenvalue weighted by atomic mass is 9.92. The summed E-state index contributed by atoms with van der Waals surface area (Å²) in [4.78, 5) is 73.3. The van der Waals surface area contributed by atoms with Crippen LogP contribution in [0, 0.1) is 5.41 Å². The highest BCUT2D eigenvalue weighted by Gasteiger charge is 2.31. The molecule has 0 spiro atoms. The summed E-state index contributed by atoms with van der Waals surface area (Å²) in [5.74, 6) is 1.01. The first kappa shape index (κ1) is 76.3. The SMILES string of the molecule is Cn1ncc2c1Cc1ccccc1N(C(=O)c1ccc(O)cc1)C2.Cn1ncc2c1Cc1ccccc1N(C(=O)c1ccc(OCC(=O)N3CCN(CCC(C)(C)C)CC3)cc1)C2.Cn1ncc2c1Cc1ccccc1N(C(=O)c1ccc(OCc3ccccc3)cc1)C2.O=C(O)c1ccc(OCc2ccccc2)cc1. The topological polar surface area (TPSA) is 223 Å². The van der Waals surface area contributed by atoms with Gasteiger partial charge >= 0.3 is 5.97 Å². The Hall–Kier alpha value is -12.9. The van der Waals surface area contributed by atoms with Crippen molar-refractivity contribution in [3.05, 3.63) is 333 Å². The van der Waals surface area contributed by atoms with Gasteiger partial charge in [-0.3, -0.25) is 38.1 Å². The molecule has 21 nitrogen and oxygen atoms in total. The van der Waals surface area contributed by atoms with Crippen molar-refractivity contribution >= 4 is 46.7 Å². The van der Waals surface area contributed by atoms with Crippen LogP contribution in [-0.4, -0.2) is 118 Å². The highest BCUT2D eigenvalue weighted by Crippen LogP contribution is 2.36. The maximum absolute atomic E-state index is 13.6. The molecule has 12 aromatic rings. The number of aromatic hydroxyl groups is 1. The fourth-order valence-electron chi connectivity index (χ4n) is 13.8. The Morgan fingerprint density at radius 2 is 0.730 bits per heavy atom. The molecular formula is C90H91N11O10. The quantitative estimate of drug-likeness (QED) is 0.0974. The number of aromatic nitrogens is 6. The summed E-state index contributed by atoms with van der Waals surface area (Å²) >= 11 is 0. The molecule has 21 heteroatoms. The standard InChI is InChI=1S/C31H39N5O3.C26H23N3O2.C19H17N3O2.C14H12O3/c1-31(2,3)13-14-34-15-17-35(18-16-34)29(37)22-39-26-11-9-23(10-12-26)30(38)36-21-25-20-32-33(4)28(25)19-24-7-5-6-8-27(24)36;1-28-25-15-21-9-5-6-10-24(21)29(17-22(25)16-27-28)26(30)20-11-13-23(14-12-20)31-18-19-7-3-2-4-8-19;1-21-18-10-14-4-2-3-5-17(14)22(12-15(18)11-20-21)19(24)13-6-8-16(23)9-7-13;15-14(16)12-6-8-13(9-7-12)17-10-11-4-2-1-3-5-11/h5-12,20H,13-19,21-22H2,1-4H3;2-14,16H,15,17-18H2,1H3;2-9,11,23H,10,12H2,1H3;1-9H,10H2,(H,15,16). The van der Waals surface area contributed by atoms with Crippen LogP contribution in [0.2, 0.25) is 0 Å². The van der Waals surface area contributed by atoms with Gasteiger partial charge in [-0.25, -0.2) is 4.79 Å². The molecule has 0 saturated carbocycles. The van der Waals surface area contributed by atoms with Gasteiger partial charge in [0, 0.05) is 134 Å². The predicted octanol–water partition coefficient (Wildman–Crippen LogP) is 14.7. The number of hydrogen-bond acceptors (Lipinski definition) is 13. The molecule has 0 aliphatic carbocycles. The zero-order valence-corrected chi connectivity index (χ0v) is 63.4. The number of rotatable bonds is 15. The Morgan fingerprint density at radius 3 is 1.09 bits per heavy atom. The first-order valence-electron chi connectivity index (χ1n) is 37.2. The van der Waals surface area contributed by atoms with Gasteiger partial charge in [-0.1, -0.05) is 136 Å². The van der Waals surface area contributed by atoms with Crippen LogP contribution in [0.4, 0.5) is 17.1 Å². The Bertz CT molecular complexity index is 5200. The van der Waals surface area contributed by atoms with Crippen molar-refractivity contribution in [2.45, 2.75) is 79.3 Å². The van der Waals surface area contributed by atoms with Crippen LogP contribution < -0.4 is 28.9 Å². The Labute approximate surface area is 646 Å². The zero-order chi connectivity index (χ0) is 77.5. The van der Waals surface area contributed by atoms with Gasteiger partial charge in [-0.2, -0.15) is 15.3 Å². The van der Waals surface area contributed by atoms with Crippen molar-refractivity contribution in [3.8, 4) is 23.0 Å². The first-order valence-corrected chi connectivity index (χ1v) is 37.2. The summed E-state index contributed by atoms with van der Waals surface area (Å²) in [7, 11) is 5.82. The number of carboxylic acid groups (broad SMARTS) is 1. The summed E-state index contributed by atoms with van der Waals surface area (Å²) in [6.45, 7) is 13.6. The van der Waals surface area contributed by atoms with Crippen molar-refractivity contribution in [3.63, 3.8) is 0 Å². The van der Waals surface area contributed by atoms with Gasteiger partial charge in [0.15, 0.2) is 6.61 Å². The molecule has 4 aliphatic rings. The van der Waals surface area contributed by atoms with E-state index in [1.165, 1.54) is 24.3 Å². The van der Waals surface area contributed by atoms with Crippen molar-refractivity contribution in [1.82, 2.24) is 39.1 Å². The average molecular weight is 1490 g/mol. The summed E-state index contributed by atoms with van der Waals surface area (Å²) in [5.41, 5.74) is 17.2. The number of hydrogen-bond donors (Lipinski definition) is 2. The molecule has 7 heterocycles. The van der Waals surface area contributed by atoms with Crippen LogP contribution in [0.15, 0.2) is 249 Å². The van der Waals surface area contributed by atoms with Crippen molar-refractivity contribution in [2.24, 2.45) is 26.6 Å². The Balaban J connectivity index is 0.000000135. The number of fused-ring (bicyclic) bond motifs is 6. The largest absolute Gasteiger partial charge is 0.508 e. The molecule has 9 aromatic carbocycles. The maximum Gasteiger partial charge on any atom is 0.335 e. The number of ether oxygens (including phenoxy) is 3. The number of aryl methyl sites for hydroxylation is 3. The van der Waals surface area contributed by atoms with Crippen LogP contribution in [0.3, 0.4) is 0 Å². The maximum atomic E-state index is 13.6. The van der Waals surface area contributed by atoms with Crippen LogP contribution in [0.25, 0.3) is 0 Å². The van der Waals surface area contributed by atoms with Crippen molar-refractivity contribution in [2.75, 3.05) is 54.0 Å². The molecule has 4 aliphatic heterocycles.